The van der Waals surface area contributed by atoms with Crippen molar-refractivity contribution in [3.8, 4) is 0 Å². The molecule has 0 fully saturated rings. The Bertz CT molecular complexity index is 399. The highest BCUT2D eigenvalue weighted by Gasteiger charge is 2.19. The van der Waals surface area contributed by atoms with Crippen molar-refractivity contribution in [3.05, 3.63) is 23.4 Å². The minimum Gasteiger partial charge on any atom is -0.383 e. The van der Waals surface area contributed by atoms with Crippen molar-refractivity contribution in [3.63, 3.8) is 0 Å². The monoisotopic (exact) mass is 281 g/mol. The summed E-state index contributed by atoms with van der Waals surface area (Å²) in [5, 5.41) is 3.59. The second kappa shape index (κ2) is 7.15. The molecule has 1 aromatic rings. The Labute approximate surface area is 121 Å². The number of nitrogens with two attached hydrogens (primary N) is 1. The van der Waals surface area contributed by atoms with Crippen LogP contribution in [-0.2, 0) is 0 Å². The van der Waals surface area contributed by atoms with Gasteiger partial charge < -0.3 is 11.1 Å². The van der Waals surface area contributed by atoms with Crippen LogP contribution in [0.4, 0.5) is 5.82 Å². The highest BCUT2D eigenvalue weighted by atomic mass is 32.2. The molecule has 1 rings (SSSR count). The number of aromatic nitrogens is 1. The average molecular weight is 281 g/mol. The molecule has 0 spiro atoms. The van der Waals surface area contributed by atoms with E-state index in [2.05, 4.69) is 51.0 Å². The SMILES string of the molecule is CCCNC(CSC(C)(C)C)c1cc(C)cnc1N. The third-order valence-electron chi connectivity index (χ3n) is 2.79. The maximum absolute atomic E-state index is 6.04. The molecule has 1 atom stereocenters. The van der Waals surface area contributed by atoms with Crippen molar-refractivity contribution in [2.75, 3.05) is 18.0 Å². The number of hydrogen-bond acceptors (Lipinski definition) is 4. The van der Waals surface area contributed by atoms with E-state index in [1.165, 1.54) is 0 Å². The van der Waals surface area contributed by atoms with E-state index in [0.29, 0.717) is 5.82 Å². The average Bonchev–Trinajstić information content (AvgIpc) is 2.32. The van der Waals surface area contributed by atoms with Gasteiger partial charge in [-0.25, -0.2) is 4.98 Å². The molecule has 0 saturated carbocycles. The maximum atomic E-state index is 6.04. The first-order valence-electron chi connectivity index (χ1n) is 6.93. The van der Waals surface area contributed by atoms with E-state index in [1.54, 1.807) is 0 Å². The Morgan fingerprint density at radius 3 is 2.68 bits per heavy atom. The summed E-state index contributed by atoms with van der Waals surface area (Å²) < 4.78 is 0.262. The van der Waals surface area contributed by atoms with Crippen molar-refractivity contribution in [1.82, 2.24) is 10.3 Å². The third-order valence-corrected chi connectivity index (χ3v) is 4.15. The standard InChI is InChI=1S/C15H27N3S/c1-6-7-17-13(10-19-15(3,4)5)12-8-11(2)9-18-14(12)16/h8-9,13,17H,6-7,10H2,1-5H3,(H2,16,18). The molecule has 0 radical (unpaired) electrons. The number of nitrogens with zero attached hydrogens (tertiary/aromatic N) is 1. The van der Waals surface area contributed by atoms with E-state index in [0.717, 1.165) is 29.8 Å². The van der Waals surface area contributed by atoms with E-state index in [4.69, 9.17) is 5.73 Å². The summed E-state index contributed by atoms with van der Waals surface area (Å²) in [5.41, 5.74) is 8.33. The fourth-order valence-electron chi connectivity index (χ4n) is 1.79. The van der Waals surface area contributed by atoms with Gasteiger partial charge in [0, 0.05) is 28.3 Å². The zero-order chi connectivity index (χ0) is 14.5. The summed E-state index contributed by atoms with van der Waals surface area (Å²) in [6, 6.07) is 2.43. The molecule has 0 aliphatic carbocycles. The number of rotatable bonds is 6. The lowest BCUT2D eigenvalue weighted by atomic mass is 10.1. The Hall–Kier alpha value is -0.740. The molecule has 4 heteroatoms. The fraction of sp³-hybridized carbons (Fsp3) is 0.667. The van der Waals surface area contributed by atoms with Gasteiger partial charge in [-0.2, -0.15) is 11.8 Å². The van der Waals surface area contributed by atoms with Gasteiger partial charge in [0.15, 0.2) is 0 Å². The van der Waals surface area contributed by atoms with Gasteiger partial charge in [-0.05, 0) is 31.5 Å². The van der Waals surface area contributed by atoms with Crippen LogP contribution in [0.25, 0.3) is 0 Å². The summed E-state index contributed by atoms with van der Waals surface area (Å²) >= 11 is 1.96. The largest absolute Gasteiger partial charge is 0.383 e. The van der Waals surface area contributed by atoms with Crippen molar-refractivity contribution in [2.45, 2.75) is 51.8 Å². The molecule has 0 aliphatic rings. The molecule has 3 N–H and O–H groups in total. The Kier molecular flexibility index (Phi) is 6.14. The number of nitrogen functional groups attached to an aromatic ring is 1. The first-order chi connectivity index (χ1) is 8.83. The third kappa shape index (κ3) is 5.83. The molecule has 19 heavy (non-hydrogen) atoms. The Morgan fingerprint density at radius 1 is 1.42 bits per heavy atom. The highest BCUT2D eigenvalue weighted by Crippen LogP contribution is 2.30. The van der Waals surface area contributed by atoms with Crippen LogP contribution in [0.15, 0.2) is 12.3 Å². The predicted molar refractivity (Wildman–Crippen MR) is 86.6 cm³/mol. The van der Waals surface area contributed by atoms with E-state index < -0.39 is 0 Å². The van der Waals surface area contributed by atoms with Gasteiger partial charge in [-0.1, -0.05) is 27.7 Å². The lowest BCUT2D eigenvalue weighted by Crippen LogP contribution is -2.27. The highest BCUT2D eigenvalue weighted by molar-refractivity contribution is 8.00. The topological polar surface area (TPSA) is 50.9 Å². The van der Waals surface area contributed by atoms with Gasteiger partial charge >= 0.3 is 0 Å². The van der Waals surface area contributed by atoms with Gasteiger partial charge in [-0.3, -0.25) is 0 Å². The molecule has 3 nitrogen and oxygen atoms in total. The molecule has 1 unspecified atom stereocenters. The smallest absolute Gasteiger partial charge is 0.128 e. The van der Waals surface area contributed by atoms with Gasteiger partial charge in [0.25, 0.3) is 0 Å². The molecule has 108 valence electrons. The summed E-state index contributed by atoms with van der Waals surface area (Å²) in [6.07, 6.45) is 2.95. The maximum Gasteiger partial charge on any atom is 0.128 e. The van der Waals surface area contributed by atoms with E-state index in [-0.39, 0.29) is 10.8 Å². The molecule has 0 aromatic carbocycles. The minimum atomic E-state index is 0.262. The number of thioether (sulfide) groups is 1. The van der Waals surface area contributed by atoms with E-state index in [9.17, 15) is 0 Å². The number of pyridine rings is 1. The molecule has 1 heterocycles. The van der Waals surface area contributed by atoms with Crippen LogP contribution >= 0.6 is 11.8 Å². The first kappa shape index (κ1) is 16.3. The van der Waals surface area contributed by atoms with Crippen molar-refractivity contribution < 1.29 is 0 Å². The predicted octanol–water partition coefficient (Wildman–Crippen LogP) is 3.54. The molecular formula is C15H27N3S. The second-order valence-corrected chi connectivity index (χ2v) is 7.76. The summed E-state index contributed by atoms with van der Waals surface area (Å²) in [6.45, 7) is 12.0. The molecular weight excluding hydrogens is 254 g/mol. The van der Waals surface area contributed by atoms with Crippen LogP contribution < -0.4 is 11.1 Å². The Morgan fingerprint density at radius 2 is 2.11 bits per heavy atom. The van der Waals surface area contributed by atoms with Crippen LogP contribution in [0.3, 0.4) is 0 Å². The zero-order valence-corrected chi connectivity index (χ0v) is 13.6. The zero-order valence-electron chi connectivity index (χ0n) is 12.8. The molecule has 1 aromatic heterocycles. The quantitative estimate of drug-likeness (QED) is 0.837. The minimum absolute atomic E-state index is 0.262. The van der Waals surface area contributed by atoms with Crippen molar-refractivity contribution in [1.29, 1.82) is 0 Å². The van der Waals surface area contributed by atoms with E-state index >= 15 is 0 Å². The number of hydrogen-bond donors (Lipinski definition) is 2. The van der Waals surface area contributed by atoms with Crippen LogP contribution in [0.1, 0.15) is 51.3 Å². The summed E-state index contributed by atoms with van der Waals surface area (Å²) in [4.78, 5) is 4.28. The van der Waals surface area contributed by atoms with Crippen LogP contribution in [0, 0.1) is 6.92 Å². The normalized spacial score (nSPS) is 13.5. The summed E-state index contributed by atoms with van der Waals surface area (Å²) in [7, 11) is 0. The molecule has 0 amide bonds. The number of aryl methyl sites for hydroxylation is 1. The van der Waals surface area contributed by atoms with Gasteiger partial charge in [0.1, 0.15) is 5.82 Å². The van der Waals surface area contributed by atoms with Gasteiger partial charge in [-0.15, -0.1) is 0 Å². The van der Waals surface area contributed by atoms with Crippen LogP contribution in [0.5, 0.6) is 0 Å². The molecule has 0 bridgehead atoms. The van der Waals surface area contributed by atoms with Crippen molar-refractivity contribution >= 4 is 17.6 Å². The lowest BCUT2D eigenvalue weighted by Gasteiger charge is -2.25. The van der Waals surface area contributed by atoms with Crippen LogP contribution in [-0.4, -0.2) is 22.0 Å². The lowest BCUT2D eigenvalue weighted by molar-refractivity contribution is 0.575. The number of nitrogens with one attached hydrogen (secondary N) is 1. The summed E-state index contributed by atoms with van der Waals surface area (Å²) in [5.74, 6) is 1.66. The van der Waals surface area contributed by atoms with Crippen LogP contribution in [0.2, 0.25) is 0 Å². The number of anilines is 1. The van der Waals surface area contributed by atoms with Crippen molar-refractivity contribution in [2.24, 2.45) is 0 Å². The molecule has 0 saturated heterocycles. The molecule has 0 aliphatic heterocycles. The fourth-order valence-corrected chi connectivity index (χ4v) is 2.76. The van der Waals surface area contributed by atoms with Gasteiger partial charge in [0.2, 0.25) is 0 Å². The van der Waals surface area contributed by atoms with Gasteiger partial charge in [0.05, 0.1) is 0 Å². The second-order valence-electron chi connectivity index (χ2n) is 5.92. The Balaban J connectivity index is 2.85. The van der Waals surface area contributed by atoms with E-state index in [1.807, 2.05) is 18.0 Å². The first-order valence-corrected chi connectivity index (χ1v) is 7.91.